The van der Waals surface area contributed by atoms with E-state index in [-0.39, 0.29) is 0 Å². The van der Waals surface area contributed by atoms with Crippen LogP contribution < -0.4 is 9.64 Å². The summed E-state index contributed by atoms with van der Waals surface area (Å²) in [7, 11) is 1.65. The molecule has 2 rings (SSSR count). The minimum Gasteiger partial charge on any atom is -0.496 e. The fourth-order valence-corrected chi connectivity index (χ4v) is 2.52. The van der Waals surface area contributed by atoms with Gasteiger partial charge in [-0.3, -0.25) is 0 Å². The minimum atomic E-state index is -0.526. The molecule has 0 aromatic heterocycles. The average Bonchev–Trinajstić information content (AvgIpc) is 2.37. The van der Waals surface area contributed by atoms with Crippen molar-refractivity contribution in [2.75, 3.05) is 25.1 Å². The molecule has 98 valence electrons. The number of ether oxygens (including phenoxy) is 1. The molecule has 1 atom stereocenters. The van der Waals surface area contributed by atoms with Crippen molar-refractivity contribution in [3.8, 4) is 5.75 Å². The smallest absolute Gasteiger partial charge is 0.126 e. The van der Waals surface area contributed by atoms with Gasteiger partial charge in [0.25, 0.3) is 0 Å². The second-order valence-electron chi connectivity index (χ2n) is 4.83. The van der Waals surface area contributed by atoms with Crippen LogP contribution in [0.2, 0.25) is 0 Å². The molecule has 1 aromatic carbocycles. The van der Waals surface area contributed by atoms with Crippen LogP contribution in [0, 0.1) is 0 Å². The summed E-state index contributed by atoms with van der Waals surface area (Å²) in [6.07, 6.45) is 2.81. The summed E-state index contributed by atoms with van der Waals surface area (Å²) in [6.45, 7) is 5.85. The van der Waals surface area contributed by atoms with Gasteiger partial charge in [0, 0.05) is 24.3 Å². The van der Waals surface area contributed by atoms with Gasteiger partial charge >= 0.3 is 0 Å². The van der Waals surface area contributed by atoms with Crippen molar-refractivity contribution in [2.24, 2.45) is 0 Å². The molecule has 0 spiro atoms. The molecule has 0 fully saturated rings. The van der Waals surface area contributed by atoms with Gasteiger partial charge in [0.2, 0.25) is 0 Å². The molecule has 0 bridgehead atoms. The van der Waals surface area contributed by atoms with Gasteiger partial charge in [0.15, 0.2) is 0 Å². The van der Waals surface area contributed by atoms with Gasteiger partial charge in [0.05, 0.1) is 13.2 Å². The Morgan fingerprint density at radius 3 is 2.78 bits per heavy atom. The Hall–Kier alpha value is -1.48. The van der Waals surface area contributed by atoms with E-state index in [1.54, 1.807) is 14.0 Å². The fourth-order valence-electron chi connectivity index (χ4n) is 2.52. The van der Waals surface area contributed by atoms with E-state index in [1.165, 1.54) is 5.57 Å². The number of rotatable bonds is 3. The summed E-state index contributed by atoms with van der Waals surface area (Å²) in [5.41, 5.74) is 3.34. The first-order valence-electron chi connectivity index (χ1n) is 6.39. The molecular weight excluding hydrogens is 226 g/mol. The van der Waals surface area contributed by atoms with Gasteiger partial charge in [-0.25, -0.2) is 0 Å². The molecule has 1 heterocycles. The second-order valence-corrected chi connectivity index (χ2v) is 4.83. The van der Waals surface area contributed by atoms with Gasteiger partial charge in [-0.15, -0.1) is 0 Å². The molecule has 1 aromatic rings. The van der Waals surface area contributed by atoms with E-state index in [9.17, 15) is 5.11 Å². The van der Waals surface area contributed by atoms with E-state index in [1.807, 2.05) is 12.1 Å². The normalized spacial score (nSPS) is 17.3. The average molecular weight is 247 g/mol. The predicted molar refractivity (Wildman–Crippen MR) is 74.2 cm³/mol. The maximum absolute atomic E-state index is 9.99. The van der Waals surface area contributed by atoms with Crippen LogP contribution in [-0.4, -0.2) is 25.3 Å². The van der Waals surface area contributed by atoms with Gasteiger partial charge in [0.1, 0.15) is 5.75 Å². The van der Waals surface area contributed by atoms with E-state index in [2.05, 4.69) is 24.0 Å². The summed E-state index contributed by atoms with van der Waals surface area (Å²) in [5.74, 6) is 0.759. The van der Waals surface area contributed by atoms with Crippen LogP contribution in [0.3, 0.4) is 0 Å². The highest BCUT2D eigenvalue weighted by Crippen LogP contribution is 2.35. The Labute approximate surface area is 109 Å². The van der Waals surface area contributed by atoms with Crippen LogP contribution in [0.15, 0.2) is 29.8 Å². The molecular formula is C15H21NO2. The molecule has 1 N–H and O–H groups in total. The Kier molecular flexibility index (Phi) is 3.92. The molecule has 0 amide bonds. The third-order valence-corrected chi connectivity index (χ3v) is 3.35. The van der Waals surface area contributed by atoms with Crippen molar-refractivity contribution in [1.82, 2.24) is 0 Å². The molecule has 3 nitrogen and oxygen atoms in total. The fraction of sp³-hybridized carbons (Fsp3) is 0.467. The van der Waals surface area contributed by atoms with Gasteiger partial charge in [-0.05, 0) is 32.4 Å². The summed E-state index contributed by atoms with van der Waals surface area (Å²) < 4.78 is 5.36. The van der Waals surface area contributed by atoms with E-state index in [0.29, 0.717) is 0 Å². The van der Waals surface area contributed by atoms with Gasteiger partial charge < -0.3 is 14.7 Å². The topological polar surface area (TPSA) is 32.7 Å². The first-order valence-corrected chi connectivity index (χ1v) is 6.39. The maximum Gasteiger partial charge on any atom is 0.126 e. The van der Waals surface area contributed by atoms with Gasteiger partial charge in [-0.2, -0.15) is 0 Å². The van der Waals surface area contributed by atoms with E-state index in [0.717, 1.165) is 36.5 Å². The Morgan fingerprint density at radius 2 is 2.17 bits per heavy atom. The number of hydrogen-bond acceptors (Lipinski definition) is 3. The zero-order chi connectivity index (χ0) is 13.1. The molecule has 0 radical (unpaired) electrons. The number of methoxy groups -OCH3 is 1. The minimum absolute atomic E-state index is 0.526. The van der Waals surface area contributed by atoms with E-state index < -0.39 is 6.10 Å². The Bertz CT molecular complexity index is 452. The first kappa shape index (κ1) is 13.0. The standard InChI is InChI=1S/C15H21NO2/c1-11-6-5-9-16(10-11)13-7-4-8-14(18-3)15(13)12(2)17/h4,6-8,12,17H,5,9-10H2,1-3H3/t12-/m1/s1. The molecule has 0 saturated carbocycles. The maximum atomic E-state index is 9.99. The van der Waals surface area contributed by atoms with Crippen LogP contribution in [0.5, 0.6) is 5.75 Å². The second kappa shape index (κ2) is 5.44. The molecule has 3 heteroatoms. The molecule has 18 heavy (non-hydrogen) atoms. The molecule has 0 unspecified atom stereocenters. The SMILES string of the molecule is COc1cccc(N2CCC=C(C)C2)c1[C@@H](C)O. The quantitative estimate of drug-likeness (QED) is 0.834. The van der Waals surface area contributed by atoms with Crippen LogP contribution >= 0.6 is 0 Å². The van der Waals surface area contributed by atoms with Crippen molar-refractivity contribution >= 4 is 5.69 Å². The third-order valence-electron chi connectivity index (χ3n) is 3.35. The lowest BCUT2D eigenvalue weighted by atomic mass is 10.0. The number of nitrogens with zero attached hydrogens (tertiary/aromatic N) is 1. The number of hydrogen-bond donors (Lipinski definition) is 1. The van der Waals surface area contributed by atoms with Crippen LogP contribution in [0.4, 0.5) is 5.69 Å². The Morgan fingerprint density at radius 1 is 1.39 bits per heavy atom. The third kappa shape index (κ3) is 2.51. The first-order chi connectivity index (χ1) is 8.63. The lowest BCUT2D eigenvalue weighted by Crippen LogP contribution is -2.30. The van der Waals surface area contributed by atoms with Gasteiger partial charge in [-0.1, -0.05) is 17.7 Å². The zero-order valence-corrected chi connectivity index (χ0v) is 11.3. The van der Waals surface area contributed by atoms with Crippen molar-refractivity contribution in [1.29, 1.82) is 0 Å². The molecule has 0 aliphatic carbocycles. The van der Waals surface area contributed by atoms with E-state index in [4.69, 9.17) is 4.74 Å². The summed E-state index contributed by atoms with van der Waals surface area (Å²) >= 11 is 0. The number of anilines is 1. The largest absolute Gasteiger partial charge is 0.496 e. The van der Waals surface area contributed by atoms with Crippen molar-refractivity contribution in [2.45, 2.75) is 26.4 Å². The lowest BCUT2D eigenvalue weighted by molar-refractivity contribution is 0.194. The highest BCUT2D eigenvalue weighted by Gasteiger charge is 2.19. The predicted octanol–water partition coefficient (Wildman–Crippen LogP) is 2.90. The lowest BCUT2D eigenvalue weighted by Gasteiger charge is -2.31. The number of aliphatic hydroxyl groups is 1. The van der Waals surface area contributed by atoms with Crippen LogP contribution in [0.25, 0.3) is 0 Å². The van der Waals surface area contributed by atoms with Crippen molar-refractivity contribution in [3.05, 3.63) is 35.4 Å². The van der Waals surface area contributed by atoms with E-state index >= 15 is 0 Å². The van der Waals surface area contributed by atoms with Crippen LogP contribution in [-0.2, 0) is 0 Å². The summed E-state index contributed by atoms with van der Waals surface area (Å²) in [6, 6.07) is 5.94. The molecule has 1 aliphatic rings. The summed E-state index contributed by atoms with van der Waals surface area (Å²) in [5, 5.41) is 9.99. The molecule has 0 saturated heterocycles. The monoisotopic (exact) mass is 247 g/mol. The number of aliphatic hydroxyl groups excluding tert-OH is 1. The highest BCUT2D eigenvalue weighted by molar-refractivity contribution is 5.61. The zero-order valence-electron chi connectivity index (χ0n) is 11.3. The summed E-state index contributed by atoms with van der Waals surface area (Å²) in [4.78, 5) is 2.31. The van der Waals surface area contributed by atoms with Crippen molar-refractivity contribution in [3.63, 3.8) is 0 Å². The molecule has 1 aliphatic heterocycles. The number of benzene rings is 1. The van der Waals surface area contributed by atoms with Crippen molar-refractivity contribution < 1.29 is 9.84 Å². The Balaban J connectivity index is 2.41. The highest BCUT2D eigenvalue weighted by atomic mass is 16.5. The van der Waals surface area contributed by atoms with Crippen LogP contribution in [0.1, 0.15) is 31.9 Å².